The highest BCUT2D eigenvalue weighted by Crippen LogP contribution is 2.17. The lowest BCUT2D eigenvalue weighted by Crippen LogP contribution is -2.49. The van der Waals surface area contributed by atoms with Crippen LogP contribution in [-0.2, 0) is 11.3 Å². The maximum absolute atomic E-state index is 12.4. The van der Waals surface area contributed by atoms with Gasteiger partial charge in [-0.3, -0.25) is 9.69 Å². The Hall–Kier alpha value is -2.18. The average Bonchev–Trinajstić information content (AvgIpc) is 3.00. The van der Waals surface area contributed by atoms with Crippen LogP contribution >= 0.6 is 0 Å². The first kappa shape index (κ1) is 15.7. The van der Waals surface area contributed by atoms with Crippen molar-refractivity contribution < 1.29 is 14.4 Å². The monoisotopic (exact) mass is 315 g/mol. The Bertz CT molecular complexity index is 648. The van der Waals surface area contributed by atoms with E-state index in [1.54, 1.807) is 17.0 Å². The number of carbonyl (C=O) groups is 1. The van der Waals surface area contributed by atoms with Gasteiger partial charge in [-0.25, -0.2) is 0 Å². The topological polar surface area (TPSA) is 69.8 Å². The van der Waals surface area contributed by atoms with E-state index in [-0.39, 0.29) is 5.91 Å². The summed E-state index contributed by atoms with van der Waals surface area (Å²) in [5.74, 6) is 0.577. The Morgan fingerprint density at radius 2 is 1.96 bits per heavy atom. The molecule has 0 saturated carbocycles. The molecule has 2 heterocycles. The van der Waals surface area contributed by atoms with Gasteiger partial charge < -0.3 is 14.5 Å². The van der Waals surface area contributed by atoms with Crippen LogP contribution in [0.2, 0.25) is 0 Å². The molecule has 1 aromatic carbocycles. The number of benzene rings is 1. The quantitative estimate of drug-likeness (QED) is 0.922. The van der Waals surface area contributed by atoms with Crippen molar-refractivity contribution in [2.75, 3.05) is 26.2 Å². The number of carbonyl (C=O) groups excluding carboxylic acids is 1. The molecule has 0 aliphatic carbocycles. The molecule has 23 heavy (non-hydrogen) atoms. The molecule has 0 spiro atoms. The minimum Gasteiger partial charge on any atom is -0.378 e. The zero-order chi connectivity index (χ0) is 16.2. The predicted octanol–water partition coefficient (Wildman–Crippen LogP) is 1.36. The van der Waals surface area contributed by atoms with Crippen molar-refractivity contribution in [3.8, 4) is 0 Å². The van der Waals surface area contributed by atoms with E-state index >= 15 is 0 Å². The Kier molecular flexibility index (Phi) is 4.73. The van der Waals surface area contributed by atoms with Gasteiger partial charge in [-0.15, -0.1) is 0 Å². The Balaban J connectivity index is 1.53. The summed E-state index contributed by atoms with van der Waals surface area (Å²) >= 11 is 0. The molecule has 1 aliphatic heterocycles. The zero-order valence-electron chi connectivity index (χ0n) is 13.2. The fourth-order valence-electron chi connectivity index (χ4n) is 2.80. The number of piperazine rings is 1. The van der Waals surface area contributed by atoms with Crippen LogP contribution < -0.4 is 0 Å². The van der Waals surface area contributed by atoms with Crippen LogP contribution in [0, 0.1) is 6.92 Å². The lowest BCUT2D eigenvalue weighted by atomic mass is 10.1. The second-order valence-electron chi connectivity index (χ2n) is 5.84. The molecule has 1 aliphatic rings. The molecule has 0 bridgehead atoms. The highest BCUT2D eigenvalue weighted by Gasteiger charge is 2.27. The third-order valence-electron chi connectivity index (χ3n) is 4.10. The number of aliphatic hydroxyl groups excluding tert-OH is 1. The van der Waals surface area contributed by atoms with Crippen molar-refractivity contribution in [3.63, 3.8) is 0 Å². The highest BCUT2D eigenvalue weighted by atomic mass is 16.5. The van der Waals surface area contributed by atoms with Crippen molar-refractivity contribution in [2.45, 2.75) is 19.6 Å². The van der Waals surface area contributed by atoms with Crippen molar-refractivity contribution in [1.82, 2.24) is 15.0 Å². The molecular weight excluding hydrogens is 294 g/mol. The van der Waals surface area contributed by atoms with E-state index in [1.165, 1.54) is 0 Å². The number of rotatable bonds is 4. The second kappa shape index (κ2) is 6.93. The van der Waals surface area contributed by atoms with E-state index in [4.69, 9.17) is 4.52 Å². The summed E-state index contributed by atoms with van der Waals surface area (Å²) in [7, 11) is 0. The van der Waals surface area contributed by atoms with Gasteiger partial charge in [0.05, 0.1) is 5.69 Å². The van der Waals surface area contributed by atoms with E-state index in [1.807, 2.05) is 31.2 Å². The van der Waals surface area contributed by atoms with Crippen LogP contribution in [0.5, 0.6) is 0 Å². The Morgan fingerprint density at radius 1 is 1.26 bits per heavy atom. The van der Waals surface area contributed by atoms with Gasteiger partial charge >= 0.3 is 0 Å². The van der Waals surface area contributed by atoms with Crippen LogP contribution in [0.25, 0.3) is 0 Å². The zero-order valence-corrected chi connectivity index (χ0v) is 13.2. The number of aliphatic hydroxyl groups is 1. The summed E-state index contributed by atoms with van der Waals surface area (Å²) in [6.45, 7) is 5.34. The molecule has 1 fully saturated rings. The van der Waals surface area contributed by atoms with Crippen molar-refractivity contribution in [2.24, 2.45) is 0 Å². The SMILES string of the molecule is Cc1cc(CN2CCN(C(=O)C(O)c3ccccc3)CC2)no1. The Labute approximate surface area is 135 Å². The van der Waals surface area contributed by atoms with Gasteiger partial charge in [-0.2, -0.15) is 0 Å². The van der Waals surface area contributed by atoms with Crippen molar-refractivity contribution in [1.29, 1.82) is 0 Å². The van der Waals surface area contributed by atoms with Gasteiger partial charge in [0.25, 0.3) is 5.91 Å². The van der Waals surface area contributed by atoms with Gasteiger partial charge in [0.15, 0.2) is 6.10 Å². The molecule has 6 nitrogen and oxygen atoms in total. The lowest BCUT2D eigenvalue weighted by molar-refractivity contribution is -0.142. The molecule has 6 heteroatoms. The highest BCUT2D eigenvalue weighted by molar-refractivity contribution is 5.82. The number of hydrogen-bond donors (Lipinski definition) is 1. The predicted molar refractivity (Wildman–Crippen MR) is 84.5 cm³/mol. The van der Waals surface area contributed by atoms with E-state index in [0.29, 0.717) is 18.7 Å². The maximum Gasteiger partial charge on any atom is 0.256 e. The van der Waals surface area contributed by atoms with Crippen molar-refractivity contribution in [3.05, 3.63) is 53.4 Å². The fourth-order valence-corrected chi connectivity index (χ4v) is 2.80. The number of aryl methyl sites for hydroxylation is 1. The van der Waals surface area contributed by atoms with Gasteiger partial charge in [0.2, 0.25) is 0 Å². The maximum atomic E-state index is 12.4. The molecular formula is C17H21N3O3. The smallest absolute Gasteiger partial charge is 0.256 e. The molecule has 1 N–H and O–H groups in total. The number of amides is 1. The van der Waals surface area contributed by atoms with E-state index < -0.39 is 6.10 Å². The second-order valence-corrected chi connectivity index (χ2v) is 5.84. The minimum absolute atomic E-state index is 0.229. The van der Waals surface area contributed by atoms with Gasteiger partial charge in [0.1, 0.15) is 5.76 Å². The number of hydrogen-bond acceptors (Lipinski definition) is 5. The minimum atomic E-state index is -1.08. The van der Waals surface area contributed by atoms with Crippen LogP contribution in [0.3, 0.4) is 0 Å². The largest absolute Gasteiger partial charge is 0.378 e. The van der Waals surface area contributed by atoms with E-state index in [9.17, 15) is 9.90 Å². The van der Waals surface area contributed by atoms with Crippen LogP contribution in [-0.4, -0.2) is 52.1 Å². The Morgan fingerprint density at radius 3 is 2.57 bits per heavy atom. The summed E-state index contributed by atoms with van der Waals surface area (Å²) in [5.41, 5.74) is 1.55. The standard InChI is InChI=1S/C17H21N3O3/c1-13-11-15(18-23-13)12-19-7-9-20(10-8-19)17(22)16(21)14-5-3-2-4-6-14/h2-6,11,16,21H,7-10,12H2,1H3. The van der Waals surface area contributed by atoms with Crippen LogP contribution in [0.1, 0.15) is 23.1 Å². The number of aromatic nitrogens is 1. The van der Waals surface area contributed by atoms with Crippen LogP contribution in [0.4, 0.5) is 0 Å². The van der Waals surface area contributed by atoms with Gasteiger partial charge in [-0.05, 0) is 12.5 Å². The molecule has 1 amide bonds. The molecule has 1 saturated heterocycles. The van der Waals surface area contributed by atoms with Crippen LogP contribution in [0.15, 0.2) is 40.9 Å². The lowest BCUT2D eigenvalue weighted by Gasteiger charge is -2.35. The molecule has 1 aromatic heterocycles. The summed E-state index contributed by atoms with van der Waals surface area (Å²) in [6, 6.07) is 11.0. The molecule has 1 unspecified atom stereocenters. The normalized spacial score (nSPS) is 17.2. The third-order valence-corrected chi connectivity index (χ3v) is 4.10. The van der Waals surface area contributed by atoms with Crippen molar-refractivity contribution >= 4 is 5.91 Å². The fraction of sp³-hybridized carbons (Fsp3) is 0.412. The summed E-state index contributed by atoms with van der Waals surface area (Å²) in [4.78, 5) is 16.4. The number of nitrogens with zero attached hydrogens (tertiary/aromatic N) is 3. The summed E-state index contributed by atoms with van der Waals surface area (Å²) in [5, 5.41) is 14.2. The molecule has 0 radical (unpaired) electrons. The first-order chi connectivity index (χ1) is 11.1. The van der Waals surface area contributed by atoms with Gasteiger partial charge in [0, 0.05) is 38.8 Å². The summed E-state index contributed by atoms with van der Waals surface area (Å²) in [6.07, 6.45) is -1.08. The molecule has 3 rings (SSSR count). The van der Waals surface area contributed by atoms with E-state index in [0.717, 1.165) is 31.1 Å². The summed E-state index contributed by atoms with van der Waals surface area (Å²) < 4.78 is 5.07. The first-order valence-electron chi connectivity index (χ1n) is 7.80. The molecule has 2 aromatic rings. The van der Waals surface area contributed by atoms with E-state index in [2.05, 4.69) is 10.1 Å². The molecule has 122 valence electrons. The molecule has 1 atom stereocenters. The average molecular weight is 315 g/mol. The van der Waals surface area contributed by atoms with Gasteiger partial charge in [-0.1, -0.05) is 35.5 Å². The third kappa shape index (κ3) is 3.78. The first-order valence-corrected chi connectivity index (χ1v) is 7.80.